The summed E-state index contributed by atoms with van der Waals surface area (Å²) >= 11 is 0. The first-order valence-electron chi connectivity index (χ1n) is 5.29. The first-order valence-corrected chi connectivity index (χ1v) is 5.29. The van der Waals surface area contributed by atoms with E-state index in [9.17, 15) is 4.79 Å². The van der Waals surface area contributed by atoms with E-state index in [-0.39, 0.29) is 6.42 Å². The van der Waals surface area contributed by atoms with Gasteiger partial charge in [-0.25, -0.2) is 9.97 Å². The van der Waals surface area contributed by atoms with E-state index < -0.39 is 5.97 Å². The highest BCUT2D eigenvalue weighted by molar-refractivity contribution is 5.70. The minimum atomic E-state index is -0.895. The molecule has 3 aromatic heterocycles. The molecule has 92 valence electrons. The molecule has 0 saturated heterocycles. The Bertz CT molecular complexity index is 722. The number of carboxylic acid groups (broad SMARTS) is 1. The van der Waals surface area contributed by atoms with E-state index in [1.807, 2.05) is 0 Å². The number of aromatic amines is 2. The van der Waals surface area contributed by atoms with E-state index in [0.717, 1.165) is 0 Å². The molecule has 8 nitrogen and oxygen atoms in total. The lowest BCUT2D eigenvalue weighted by Crippen LogP contribution is -2.02. The van der Waals surface area contributed by atoms with Crippen LogP contribution in [0.4, 0.5) is 0 Å². The van der Waals surface area contributed by atoms with Crippen LogP contribution in [0.3, 0.4) is 0 Å². The third kappa shape index (κ3) is 1.63. The Morgan fingerprint density at radius 1 is 1.56 bits per heavy atom. The fraction of sp³-hybridized carbons (Fsp3) is 0.200. The van der Waals surface area contributed by atoms with Gasteiger partial charge in [-0.1, -0.05) is 0 Å². The number of H-pyrrole nitrogens is 2. The number of rotatable bonds is 3. The lowest BCUT2D eigenvalue weighted by Gasteiger charge is -1.92. The number of carbonyl (C=O) groups is 1. The second-order valence-corrected chi connectivity index (χ2v) is 3.93. The first kappa shape index (κ1) is 10.5. The number of hydrogen-bond acceptors (Lipinski definition) is 4. The molecule has 0 aliphatic heterocycles. The molecular formula is C10H10N6O2. The van der Waals surface area contributed by atoms with Gasteiger partial charge in [0.2, 0.25) is 5.78 Å². The van der Waals surface area contributed by atoms with Crippen LogP contribution in [-0.4, -0.2) is 40.6 Å². The summed E-state index contributed by atoms with van der Waals surface area (Å²) in [5.41, 5.74) is 1.29. The molecule has 0 saturated carbocycles. The second kappa shape index (κ2) is 3.69. The monoisotopic (exact) mass is 246 g/mol. The lowest BCUT2D eigenvalue weighted by molar-refractivity contribution is -0.136. The highest BCUT2D eigenvalue weighted by Gasteiger charge is 2.13. The Morgan fingerprint density at radius 2 is 2.39 bits per heavy atom. The summed E-state index contributed by atoms with van der Waals surface area (Å²) in [6.07, 6.45) is 3.20. The van der Waals surface area contributed by atoms with Crippen LogP contribution >= 0.6 is 0 Å². The van der Waals surface area contributed by atoms with Crippen LogP contribution < -0.4 is 0 Å². The molecular weight excluding hydrogens is 236 g/mol. The number of aromatic nitrogens is 6. The number of aryl methyl sites for hydroxylation is 1. The van der Waals surface area contributed by atoms with Crippen LogP contribution in [-0.2, 0) is 11.2 Å². The topological polar surface area (TPSA) is 112 Å². The van der Waals surface area contributed by atoms with Crippen LogP contribution in [0.5, 0.6) is 0 Å². The van der Waals surface area contributed by atoms with Crippen LogP contribution in [0, 0.1) is 6.92 Å². The molecule has 0 aliphatic carbocycles. The highest BCUT2D eigenvalue weighted by Crippen LogP contribution is 2.16. The summed E-state index contributed by atoms with van der Waals surface area (Å²) in [7, 11) is 0. The SMILES string of the molecule is Cc1nc(-c2cn3c(CC(=O)O)cnc3[nH]2)n[nH]1. The van der Waals surface area contributed by atoms with E-state index in [2.05, 4.69) is 25.1 Å². The molecule has 0 aromatic carbocycles. The minimum absolute atomic E-state index is 0.0779. The summed E-state index contributed by atoms with van der Waals surface area (Å²) in [6.45, 7) is 1.81. The maximum absolute atomic E-state index is 10.7. The van der Waals surface area contributed by atoms with Gasteiger partial charge in [-0.15, -0.1) is 0 Å². The van der Waals surface area contributed by atoms with Crippen molar-refractivity contribution in [1.82, 2.24) is 29.5 Å². The van der Waals surface area contributed by atoms with Crippen molar-refractivity contribution in [2.75, 3.05) is 0 Å². The van der Waals surface area contributed by atoms with E-state index in [1.165, 1.54) is 6.20 Å². The van der Waals surface area contributed by atoms with Crippen molar-refractivity contribution >= 4 is 11.7 Å². The van der Waals surface area contributed by atoms with Crippen molar-refractivity contribution in [3.63, 3.8) is 0 Å². The van der Waals surface area contributed by atoms with Gasteiger partial charge in [0, 0.05) is 6.20 Å². The molecule has 3 aromatic rings. The molecule has 0 radical (unpaired) electrons. The van der Waals surface area contributed by atoms with Gasteiger partial charge >= 0.3 is 5.97 Å². The lowest BCUT2D eigenvalue weighted by atomic mass is 10.3. The molecule has 0 atom stereocenters. The van der Waals surface area contributed by atoms with Gasteiger partial charge < -0.3 is 10.1 Å². The molecule has 8 heteroatoms. The molecule has 0 bridgehead atoms. The average molecular weight is 246 g/mol. The number of nitrogens with zero attached hydrogens (tertiary/aromatic N) is 4. The molecule has 3 N–H and O–H groups in total. The molecule has 0 unspecified atom stereocenters. The number of hydrogen-bond donors (Lipinski definition) is 3. The largest absolute Gasteiger partial charge is 0.481 e. The second-order valence-electron chi connectivity index (χ2n) is 3.93. The quantitative estimate of drug-likeness (QED) is 0.618. The zero-order chi connectivity index (χ0) is 12.7. The fourth-order valence-electron chi connectivity index (χ4n) is 1.78. The number of carboxylic acids is 1. The number of fused-ring (bicyclic) bond motifs is 1. The van der Waals surface area contributed by atoms with Crippen molar-refractivity contribution in [3.8, 4) is 11.5 Å². The predicted molar refractivity (Wildman–Crippen MR) is 61.0 cm³/mol. The third-order valence-corrected chi connectivity index (χ3v) is 2.55. The van der Waals surface area contributed by atoms with Crippen molar-refractivity contribution in [2.45, 2.75) is 13.3 Å². The van der Waals surface area contributed by atoms with Crippen LogP contribution in [0.2, 0.25) is 0 Å². The zero-order valence-electron chi connectivity index (χ0n) is 9.51. The normalized spacial score (nSPS) is 11.2. The molecule has 3 heterocycles. The average Bonchev–Trinajstić information content (AvgIpc) is 2.94. The van der Waals surface area contributed by atoms with E-state index in [0.29, 0.717) is 28.8 Å². The Kier molecular flexibility index (Phi) is 2.15. The Morgan fingerprint density at radius 3 is 3.06 bits per heavy atom. The number of aliphatic carboxylic acids is 1. The first-order chi connectivity index (χ1) is 8.63. The van der Waals surface area contributed by atoms with Gasteiger partial charge in [0.05, 0.1) is 18.3 Å². The van der Waals surface area contributed by atoms with Crippen molar-refractivity contribution in [2.24, 2.45) is 0 Å². The van der Waals surface area contributed by atoms with Gasteiger partial charge in [0.25, 0.3) is 0 Å². The van der Waals surface area contributed by atoms with Gasteiger partial charge in [0.15, 0.2) is 5.82 Å². The fourth-order valence-corrected chi connectivity index (χ4v) is 1.78. The molecule has 0 aliphatic rings. The standard InChI is InChI=1S/C10H10N6O2/c1-5-12-9(15-14-5)7-4-16-6(2-8(17)18)3-11-10(16)13-7/h3-4H,2H2,1H3,(H,11,13)(H,17,18)(H,12,14,15). The molecule has 18 heavy (non-hydrogen) atoms. The van der Waals surface area contributed by atoms with Crippen molar-refractivity contribution < 1.29 is 9.90 Å². The smallest absolute Gasteiger partial charge is 0.309 e. The number of imidazole rings is 2. The van der Waals surface area contributed by atoms with Crippen LogP contribution in [0.15, 0.2) is 12.4 Å². The number of nitrogens with one attached hydrogen (secondary N) is 2. The van der Waals surface area contributed by atoms with Gasteiger partial charge in [0.1, 0.15) is 11.5 Å². The summed E-state index contributed by atoms with van der Waals surface area (Å²) in [6, 6.07) is 0. The maximum Gasteiger partial charge on any atom is 0.309 e. The molecule has 3 rings (SSSR count). The molecule has 0 spiro atoms. The minimum Gasteiger partial charge on any atom is -0.481 e. The van der Waals surface area contributed by atoms with Crippen LogP contribution in [0.1, 0.15) is 11.5 Å². The molecule has 0 amide bonds. The van der Waals surface area contributed by atoms with Crippen molar-refractivity contribution in [3.05, 3.63) is 23.9 Å². The van der Waals surface area contributed by atoms with E-state index >= 15 is 0 Å². The summed E-state index contributed by atoms with van der Waals surface area (Å²) < 4.78 is 1.69. The Balaban J connectivity index is 2.06. The van der Waals surface area contributed by atoms with E-state index in [1.54, 1.807) is 17.5 Å². The maximum atomic E-state index is 10.7. The van der Waals surface area contributed by atoms with Gasteiger partial charge in [-0.05, 0) is 6.92 Å². The van der Waals surface area contributed by atoms with Crippen LogP contribution in [0.25, 0.3) is 17.3 Å². The van der Waals surface area contributed by atoms with Gasteiger partial charge in [-0.2, -0.15) is 5.10 Å². The van der Waals surface area contributed by atoms with Gasteiger partial charge in [-0.3, -0.25) is 14.3 Å². The Labute approximate surface area is 101 Å². The highest BCUT2D eigenvalue weighted by atomic mass is 16.4. The Hall–Kier alpha value is -2.64. The third-order valence-electron chi connectivity index (χ3n) is 2.55. The molecule has 0 fully saturated rings. The summed E-state index contributed by atoms with van der Waals surface area (Å²) in [5, 5.41) is 15.6. The summed E-state index contributed by atoms with van der Waals surface area (Å²) in [5.74, 6) is 0.916. The van der Waals surface area contributed by atoms with Crippen molar-refractivity contribution in [1.29, 1.82) is 0 Å². The zero-order valence-corrected chi connectivity index (χ0v) is 9.51. The predicted octanol–water partition coefficient (Wildman–Crippen LogP) is 0.383. The summed E-state index contributed by atoms with van der Waals surface area (Å²) in [4.78, 5) is 22.0. The van der Waals surface area contributed by atoms with E-state index in [4.69, 9.17) is 5.11 Å².